The molecule has 0 aromatic carbocycles. The average Bonchev–Trinajstić information content (AvgIpc) is 3.36. The second-order valence-corrected chi connectivity index (χ2v) is 19.5. The Morgan fingerprint density at radius 3 is 0.943 bits per heavy atom. The molecule has 0 fully saturated rings. The highest BCUT2D eigenvalue weighted by molar-refractivity contribution is 5.71. The van der Waals surface area contributed by atoms with Crippen molar-refractivity contribution in [3.05, 3.63) is 85.1 Å². The van der Waals surface area contributed by atoms with Gasteiger partial charge in [-0.15, -0.1) is 0 Å². The number of ether oxygens (including phenoxy) is 3. The van der Waals surface area contributed by atoms with Gasteiger partial charge in [0.2, 0.25) is 0 Å². The predicted octanol–water partition coefficient (Wildman–Crippen LogP) is 19.9. The number of hydrogen-bond donors (Lipinski definition) is 0. The quantitative estimate of drug-likeness (QED) is 0.0261. The smallest absolute Gasteiger partial charge is 0.306 e. The van der Waals surface area contributed by atoms with Crippen molar-refractivity contribution in [2.75, 3.05) is 13.2 Å². The number of rotatable bonds is 53. The van der Waals surface area contributed by atoms with Crippen LogP contribution in [0.3, 0.4) is 0 Å². The van der Waals surface area contributed by atoms with Gasteiger partial charge < -0.3 is 14.2 Å². The lowest BCUT2D eigenvalue weighted by Gasteiger charge is -2.18. The van der Waals surface area contributed by atoms with Crippen LogP contribution in [-0.4, -0.2) is 37.2 Å². The van der Waals surface area contributed by atoms with E-state index in [4.69, 9.17) is 14.2 Å². The van der Waals surface area contributed by atoms with E-state index in [1.165, 1.54) is 128 Å². The molecular formula is C64H110O6. The summed E-state index contributed by atoms with van der Waals surface area (Å²) < 4.78 is 16.8. The Balaban J connectivity index is 4.08. The summed E-state index contributed by atoms with van der Waals surface area (Å²) in [4.78, 5) is 38.0. The molecule has 402 valence electrons. The van der Waals surface area contributed by atoms with Gasteiger partial charge in [0, 0.05) is 19.3 Å². The number of allylic oxidation sites excluding steroid dienone is 14. The van der Waals surface area contributed by atoms with E-state index < -0.39 is 6.10 Å². The number of esters is 3. The lowest BCUT2D eigenvalue weighted by molar-refractivity contribution is -0.167. The van der Waals surface area contributed by atoms with Crippen LogP contribution in [0.1, 0.15) is 284 Å². The topological polar surface area (TPSA) is 78.9 Å². The van der Waals surface area contributed by atoms with E-state index in [-0.39, 0.29) is 31.1 Å². The first-order valence-electron chi connectivity index (χ1n) is 29.6. The van der Waals surface area contributed by atoms with Gasteiger partial charge in [-0.3, -0.25) is 14.4 Å². The van der Waals surface area contributed by atoms with E-state index in [0.29, 0.717) is 19.3 Å². The molecule has 0 radical (unpaired) electrons. The zero-order valence-corrected chi connectivity index (χ0v) is 46.0. The number of carbonyl (C=O) groups is 3. The zero-order valence-electron chi connectivity index (χ0n) is 46.0. The molecule has 6 nitrogen and oxygen atoms in total. The van der Waals surface area contributed by atoms with Gasteiger partial charge in [0.15, 0.2) is 6.10 Å². The van der Waals surface area contributed by atoms with Crippen molar-refractivity contribution < 1.29 is 28.6 Å². The SMILES string of the molecule is CC/C=C\C/C=C\C/C=C\C/C=C\C/C=C\CCCCCCCCCCCCCCCCCC(=O)OCC(COC(=O)CCCCCCC/C=C\CCC)OC(=O)CCCCCCC/C=C\CCCC. The van der Waals surface area contributed by atoms with E-state index >= 15 is 0 Å². The molecular weight excluding hydrogens is 865 g/mol. The van der Waals surface area contributed by atoms with Gasteiger partial charge in [-0.2, -0.15) is 0 Å². The Kier molecular flexibility index (Phi) is 55.3. The van der Waals surface area contributed by atoms with Crippen LogP contribution < -0.4 is 0 Å². The largest absolute Gasteiger partial charge is 0.462 e. The van der Waals surface area contributed by atoms with Crippen molar-refractivity contribution in [3.63, 3.8) is 0 Å². The molecule has 70 heavy (non-hydrogen) atoms. The molecule has 0 aliphatic carbocycles. The Morgan fingerprint density at radius 2 is 0.586 bits per heavy atom. The number of hydrogen-bond acceptors (Lipinski definition) is 6. The van der Waals surface area contributed by atoms with Crippen molar-refractivity contribution in [1.82, 2.24) is 0 Å². The molecule has 0 aliphatic rings. The summed E-state index contributed by atoms with van der Waals surface area (Å²) in [5, 5.41) is 0. The fourth-order valence-corrected chi connectivity index (χ4v) is 8.16. The van der Waals surface area contributed by atoms with Crippen molar-refractivity contribution in [3.8, 4) is 0 Å². The highest BCUT2D eigenvalue weighted by atomic mass is 16.6. The third-order valence-electron chi connectivity index (χ3n) is 12.6. The number of carbonyl (C=O) groups excluding carboxylic acids is 3. The van der Waals surface area contributed by atoms with E-state index in [1.807, 2.05) is 0 Å². The van der Waals surface area contributed by atoms with Crippen molar-refractivity contribution >= 4 is 17.9 Å². The molecule has 0 spiro atoms. The molecule has 0 saturated carbocycles. The van der Waals surface area contributed by atoms with Crippen LogP contribution in [0.2, 0.25) is 0 Å². The molecule has 0 N–H and O–H groups in total. The summed E-state index contributed by atoms with van der Waals surface area (Å²) >= 11 is 0. The summed E-state index contributed by atoms with van der Waals surface area (Å²) in [6, 6.07) is 0. The molecule has 0 bridgehead atoms. The summed E-state index contributed by atoms with van der Waals surface area (Å²) in [7, 11) is 0. The van der Waals surface area contributed by atoms with Crippen molar-refractivity contribution in [2.24, 2.45) is 0 Å². The van der Waals surface area contributed by atoms with Crippen LogP contribution >= 0.6 is 0 Å². The minimum atomic E-state index is -0.781. The standard InChI is InChI=1S/C64H110O6/c1-4-7-10-13-16-19-22-23-24-25-26-27-28-29-30-31-32-33-34-35-36-37-38-39-40-41-43-45-48-51-54-57-63(66)69-60-61(59-68-62(65)56-53-50-47-44-21-18-15-12-9-6-3)70-64(67)58-55-52-49-46-42-20-17-14-11-8-5-2/h7,10,12,14-17,19,23-24,26-27,29-30,61H,4-6,8-9,11,13,18,20-22,25,28,31-60H2,1-3H3/b10-7-,15-12-,17-14-,19-16-,24-23-,27-26-,30-29-. The van der Waals surface area contributed by atoms with Gasteiger partial charge in [0.25, 0.3) is 0 Å². The van der Waals surface area contributed by atoms with Gasteiger partial charge in [0.1, 0.15) is 13.2 Å². The molecule has 0 heterocycles. The first-order valence-corrected chi connectivity index (χ1v) is 29.6. The minimum absolute atomic E-state index is 0.0806. The highest BCUT2D eigenvalue weighted by Crippen LogP contribution is 2.16. The van der Waals surface area contributed by atoms with E-state index in [9.17, 15) is 14.4 Å². The van der Waals surface area contributed by atoms with Gasteiger partial charge >= 0.3 is 17.9 Å². The fraction of sp³-hybridized carbons (Fsp3) is 0.734. The lowest BCUT2D eigenvalue weighted by atomic mass is 10.0. The van der Waals surface area contributed by atoms with E-state index in [0.717, 1.165) is 116 Å². The minimum Gasteiger partial charge on any atom is -0.462 e. The summed E-state index contributed by atoms with van der Waals surface area (Å²) in [6.07, 6.45) is 76.1. The van der Waals surface area contributed by atoms with Gasteiger partial charge in [0.05, 0.1) is 0 Å². The average molecular weight is 976 g/mol. The summed E-state index contributed by atoms with van der Waals surface area (Å²) in [6.45, 7) is 6.42. The maximum absolute atomic E-state index is 12.8. The van der Waals surface area contributed by atoms with Crippen molar-refractivity contribution in [1.29, 1.82) is 0 Å². The molecule has 0 saturated heterocycles. The molecule has 0 amide bonds. The Hall–Kier alpha value is -3.41. The highest BCUT2D eigenvalue weighted by Gasteiger charge is 2.19. The third kappa shape index (κ3) is 55.5. The second-order valence-electron chi connectivity index (χ2n) is 19.5. The van der Waals surface area contributed by atoms with E-state index in [2.05, 4.69) is 106 Å². The molecule has 6 heteroatoms. The van der Waals surface area contributed by atoms with Crippen LogP contribution in [-0.2, 0) is 28.6 Å². The summed E-state index contributed by atoms with van der Waals surface area (Å²) in [5.41, 5.74) is 0. The van der Waals surface area contributed by atoms with Gasteiger partial charge in [-0.1, -0.05) is 247 Å². The Bertz CT molecular complexity index is 1350. The second kappa shape index (κ2) is 58.2. The maximum Gasteiger partial charge on any atom is 0.306 e. The molecule has 1 unspecified atom stereocenters. The first-order chi connectivity index (χ1) is 34.5. The first kappa shape index (κ1) is 66.6. The fourth-order valence-electron chi connectivity index (χ4n) is 8.16. The van der Waals surface area contributed by atoms with Crippen LogP contribution in [0.15, 0.2) is 85.1 Å². The Morgan fingerprint density at radius 1 is 0.300 bits per heavy atom. The molecule has 0 aliphatic heterocycles. The monoisotopic (exact) mass is 975 g/mol. The normalized spacial score (nSPS) is 12.7. The van der Waals surface area contributed by atoms with Gasteiger partial charge in [-0.05, 0) is 103 Å². The maximum atomic E-state index is 12.8. The van der Waals surface area contributed by atoms with Crippen LogP contribution in [0.25, 0.3) is 0 Å². The summed E-state index contributed by atoms with van der Waals surface area (Å²) in [5.74, 6) is -0.897. The van der Waals surface area contributed by atoms with Crippen LogP contribution in [0.4, 0.5) is 0 Å². The van der Waals surface area contributed by atoms with Crippen LogP contribution in [0.5, 0.6) is 0 Å². The van der Waals surface area contributed by atoms with E-state index in [1.54, 1.807) is 0 Å². The zero-order chi connectivity index (χ0) is 50.7. The Labute approximate surface area is 433 Å². The van der Waals surface area contributed by atoms with Crippen LogP contribution in [0, 0.1) is 0 Å². The number of unbranched alkanes of at least 4 members (excludes halogenated alkanes) is 28. The van der Waals surface area contributed by atoms with Crippen molar-refractivity contribution in [2.45, 2.75) is 290 Å². The third-order valence-corrected chi connectivity index (χ3v) is 12.6. The predicted molar refractivity (Wildman–Crippen MR) is 302 cm³/mol. The lowest BCUT2D eigenvalue weighted by Crippen LogP contribution is -2.30. The molecule has 0 aromatic heterocycles. The molecule has 0 aromatic rings. The molecule has 0 rings (SSSR count). The van der Waals surface area contributed by atoms with Gasteiger partial charge in [-0.25, -0.2) is 0 Å². The molecule has 1 atom stereocenters.